The van der Waals surface area contributed by atoms with E-state index in [2.05, 4.69) is 36.4 Å². The van der Waals surface area contributed by atoms with Crippen molar-refractivity contribution in [3.05, 3.63) is 54.1 Å². The van der Waals surface area contributed by atoms with Gasteiger partial charge in [-0.15, -0.1) is 0 Å². The van der Waals surface area contributed by atoms with Gasteiger partial charge in [0.25, 0.3) is 0 Å². The second-order valence-corrected chi connectivity index (χ2v) is 5.78. The molecule has 0 atom stereocenters. The van der Waals surface area contributed by atoms with Crippen LogP contribution in [0.4, 0.5) is 5.95 Å². The van der Waals surface area contributed by atoms with Crippen molar-refractivity contribution in [1.82, 2.24) is 40.4 Å². The first-order valence-corrected chi connectivity index (χ1v) is 8.39. The Morgan fingerprint density at radius 2 is 1.79 bits per heavy atom. The fraction of sp³-hybridized carbons (Fsp3) is 0.176. The van der Waals surface area contributed by atoms with Crippen LogP contribution in [-0.2, 0) is 13.6 Å². The van der Waals surface area contributed by atoms with E-state index in [4.69, 9.17) is 9.47 Å². The Balaban J connectivity index is 1.53. The van der Waals surface area contributed by atoms with Crippen LogP contribution in [0.2, 0.25) is 0 Å². The molecule has 0 spiro atoms. The topological polar surface area (TPSA) is 118 Å². The van der Waals surface area contributed by atoms with Gasteiger partial charge < -0.3 is 14.8 Å². The summed E-state index contributed by atoms with van der Waals surface area (Å²) in [6.07, 6.45) is 0. The lowest BCUT2D eigenvalue weighted by Gasteiger charge is -2.12. The molecule has 0 saturated heterocycles. The van der Waals surface area contributed by atoms with Gasteiger partial charge in [0.2, 0.25) is 5.95 Å². The van der Waals surface area contributed by atoms with Crippen LogP contribution in [0.1, 0.15) is 5.56 Å². The molecule has 11 nitrogen and oxygen atoms in total. The van der Waals surface area contributed by atoms with Crippen molar-refractivity contribution in [2.24, 2.45) is 7.05 Å². The van der Waals surface area contributed by atoms with E-state index in [-0.39, 0.29) is 6.01 Å². The third kappa shape index (κ3) is 3.58. The Hall–Kier alpha value is -4.02. The number of benzene rings is 2. The van der Waals surface area contributed by atoms with Crippen molar-refractivity contribution in [3.63, 3.8) is 0 Å². The number of ether oxygens (including phenoxy) is 2. The number of nitrogens with zero attached hydrogens (tertiary/aromatic N) is 8. The number of hydrogen-bond donors (Lipinski definition) is 1. The van der Waals surface area contributed by atoms with Crippen LogP contribution in [0.5, 0.6) is 17.5 Å². The molecular formula is C17H17N9O2. The highest BCUT2D eigenvalue weighted by molar-refractivity contribution is 5.45. The summed E-state index contributed by atoms with van der Waals surface area (Å²) in [5, 5.41) is 26.0. The van der Waals surface area contributed by atoms with E-state index in [9.17, 15) is 0 Å². The maximum absolute atomic E-state index is 5.90. The Morgan fingerprint density at radius 3 is 2.54 bits per heavy atom. The van der Waals surface area contributed by atoms with E-state index >= 15 is 0 Å². The summed E-state index contributed by atoms with van der Waals surface area (Å²) in [5.41, 5.74) is 1.76. The lowest BCUT2D eigenvalue weighted by molar-refractivity contribution is 0.363. The largest absolute Gasteiger partial charge is 0.493 e. The maximum atomic E-state index is 5.90. The standard InChI is InChI=1S/C17H17N9O2/c1-25-16(19-21-23-25)18-11-12-8-9-14(15(10-12)27-2)28-17-20-22-24-26(17)13-6-4-3-5-7-13/h3-10H,11H2,1-2H3,(H,18,19,23). The van der Waals surface area contributed by atoms with Gasteiger partial charge in [0.05, 0.1) is 12.8 Å². The second-order valence-electron chi connectivity index (χ2n) is 5.78. The average Bonchev–Trinajstić information content (AvgIpc) is 3.36. The molecule has 0 unspecified atom stereocenters. The molecule has 0 saturated carbocycles. The molecule has 1 N–H and O–H groups in total. The fourth-order valence-corrected chi connectivity index (χ4v) is 2.54. The molecular weight excluding hydrogens is 362 g/mol. The molecule has 0 aliphatic heterocycles. The predicted octanol–water partition coefficient (Wildman–Crippen LogP) is 1.60. The zero-order valence-corrected chi connectivity index (χ0v) is 15.2. The smallest absolute Gasteiger partial charge is 0.346 e. The molecule has 2 heterocycles. The summed E-state index contributed by atoms with van der Waals surface area (Å²) in [6, 6.07) is 15.3. The van der Waals surface area contributed by atoms with E-state index in [0.717, 1.165) is 11.3 Å². The molecule has 0 aliphatic carbocycles. The molecule has 4 rings (SSSR count). The summed E-state index contributed by atoms with van der Waals surface area (Å²) < 4.78 is 14.4. The molecule has 2 aromatic heterocycles. The zero-order chi connectivity index (χ0) is 19.3. The molecule has 28 heavy (non-hydrogen) atoms. The van der Waals surface area contributed by atoms with Crippen LogP contribution in [0.15, 0.2) is 48.5 Å². The maximum Gasteiger partial charge on any atom is 0.346 e. The first-order chi connectivity index (χ1) is 13.7. The van der Waals surface area contributed by atoms with Gasteiger partial charge in [-0.05, 0) is 50.7 Å². The third-order valence-corrected chi connectivity index (χ3v) is 3.94. The SMILES string of the molecule is COc1cc(CNc2nnnn2C)ccc1Oc1nnnn1-c1ccccc1. The fourth-order valence-electron chi connectivity index (χ4n) is 2.54. The van der Waals surface area contributed by atoms with Crippen LogP contribution < -0.4 is 14.8 Å². The summed E-state index contributed by atoms with van der Waals surface area (Å²) in [7, 11) is 3.34. The van der Waals surface area contributed by atoms with Gasteiger partial charge >= 0.3 is 6.01 Å². The molecule has 0 radical (unpaired) electrons. The number of aryl methyl sites for hydroxylation is 1. The van der Waals surface area contributed by atoms with Crippen molar-refractivity contribution < 1.29 is 9.47 Å². The Labute approximate surface area is 159 Å². The quantitative estimate of drug-likeness (QED) is 0.511. The van der Waals surface area contributed by atoms with Gasteiger partial charge in [0, 0.05) is 13.6 Å². The van der Waals surface area contributed by atoms with Gasteiger partial charge in [0.15, 0.2) is 11.5 Å². The van der Waals surface area contributed by atoms with Crippen molar-refractivity contribution in [1.29, 1.82) is 0 Å². The van der Waals surface area contributed by atoms with Crippen molar-refractivity contribution in [2.45, 2.75) is 6.54 Å². The second kappa shape index (κ2) is 7.70. The summed E-state index contributed by atoms with van der Waals surface area (Å²) in [5.74, 6) is 1.62. The van der Waals surface area contributed by atoms with E-state index in [1.54, 1.807) is 24.9 Å². The van der Waals surface area contributed by atoms with E-state index in [1.165, 1.54) is 4.68 Å². The average molecular weight is 379 g/mol. The van der Waals surface area contributed by atoms with Crippen LogP contribution in [0.25, 0.3) is 5.69 Å². The minimum absolute atomic E-state index is 0.237. The Bertz CT molecular complexity index is 1060. The Morgan fingerprint density at radius 1 is 0.964 bits per heavy atom. The highest BCUT2D eigenvalue weighted by atomic mass is 16.5. The minimum Gasteiger partial charge on any atom is -0.493 e. The van der Waals surface area contributed by atoms with E-state index < -0.39 is 0 Å². The molecule has 0 bridgehead atoms. The van der Waals surface area contributed by atoms with Crippen LogP contribution in [0.3, 0.4) is 0 Å². The number of hydrogen-bond acceptors (Lipinski definition) is 9. The van der Waals surface area contributed by atoms with Gasteiger partial charge in [0.1, 0.15) is 0 Å². The lowest BCUT2D eigenvalue weighted by atomic mass is 10.2. The number of nitrogens with one attached hydrogen (secondary N) is 1. The number of tetrazole rings is 2. The van der Waals surface area contributed by atoms with Crippen molar-refractivity contribution >= 4 is 5.95 Å². The lowest BCUT2D eigenvalue weighted by Crippen LogP contribution is -2.06. The highest BCUT2D eigenvalue weighted by Crippen LogP contribution is 2.32. The molecule has 2 aromatic carbocycles. The summed E-state index contributed by atoms with van der Waals surface area (Å²) in [6.45, 7) is 0.520. The molecule has 11 heteroatoms. The third-order valence-electron chi connectivity index (χ3n) is 3.94. The number of para-hydroxylation sites is 1. The summed E-state index contributed by atoms with van der Waals surface area (Å²) in [4.78, 5) is 0. The van der Waals surface area contributed by atoms with Crippen molar-refractivity contribution in [3.8, 4) is 23.2 Å². The normalized spacial score (nSPS) is 10.6. The number of aromatic nitrogens is 8. The van der Waals surface area contributed by atoms with E-state index in [0.29, 0.717) is 24.0 Å². The molecule has 0 amide bonds. The van der Waals surface area contributed by atoms with Gasteiger partial charge in [-0.25, -0.2) is 4.68 Å². The predicted molar refractivity (Wildman–Crippen MR) is 98.3 cm³/mol. The first kappa shape index (κ1) is 17.4. The zero-order valence-electron chi connectivity index (χ0n) is 15.2. The number of anilines is 1. The molecule has 0 aliphatic rings. The van der Waals surface area contributed by atoms with Crippen LogP contribution in [0, 0.1) is 0 Å². The molecule has 0 fully saturated rings. The van der Waals surface area contributed by atoms with Crippen molar-refractivity contribution in [2.75, 3.05) is 12.4 Å². The van der Waals surface area contributed by atoms with Gasteiger partial charge in [-0.1, -0.05) is 34.5 Å². The van der Waals surface area contributed by atoms with Crippen LogP contribution in [-0.4, -0.2) is 47.5 Å². The highest BCUT2D eigenvalue weighted by Gasteiger charge is 2.14. The number of methoxy groups -OCH3 is 1. The minimum atomic E-state index is 0.237. The summed E-state index contributed by atoms with van der Waals surface area (Å²) >= 11 is 0. The molecule has 142 valence electrons. The Kier molecular flexibility index (Phi) is 4.78. The van der Waals surface area contributed by atoms with Gasteiger partial charge in [-0.3, -0.25) is 0 Å². The van der Waals surface area contributed by atoms with Crippen LogP contribution >= 0.6 is 0 Å². The monoisotopic (exact) mass is 379 g/mol. The van der Waals surface area contributed by atoms with E-state index in [1.807, 2.05) is 42.5 Å². The molecule has 4 aromatic rings. The first-order valence-electron chi connectivity index (χ1n) is 8.39. The van der Waals surface area contributed by atoms with Gasteiger partial charge in [-0.2, -0.15) is 4.68 Å². The number of rotatable bonds is 7.